The maximum Gasteiger partial charge on any atom is 0.0847 e. The van der Waals surface area contributed by atoms with Crippen molar-refractivity contribution in [3.05, 3.63) is 52.3 Å². The van der Waals surface area contributed by atoms with E-state index >= 15 is 0 Å². The maximum atomic E-state index is 9.56. The van der Waals surface area contributed by atoms with Gasteiger partial charge in [-0.3, -0.25) is 4.68 Å². The van der Waals surface area contributed by atoms with Crippen LogP contribution in [0.3, 0.4) is 0 Å². The van der Waals surface area contributed by atoms with Gasteiger partial charge in [-0.25, -0.2) is 0 Å². The summed E-state index contributed by atoms with van der Waals surface area (Å²) in [7, 11) is 1.88. The molecule has 0 radical (unpaired) electrons. The molecule has 3 nitrogen and oxygen atoms in total. The van der Waals surface area contributed by atoms with Gasteiger partial charge in [-0.1, -0.05) is 41.9 Å². The second kappa shape index (κ2) is 5.55. The summed E-state index contributed by atoms with van der Waals surface area (Å²) in [5, 5.41) is 14.6. The first kappa shape index (κ1) is 13.1. The van der Waals surface area contributed by atoms with Crippen molar-refractivity contribution in [1.29, 1.82) is 0 Å². The number of hydrogen-bond acceptors (Lipinski definition) is 2. The summed E-state index contributed by atoms with van der Waals surface area (Å²) in [6, 6.07) is 9.98. The predicted molar refractivity (Wildman–Crippen MR) is 72.9 cm³/mol. The van der Waals surface area contributed by atoms with Crippen LogP contribution >= 0.6 is 11.6 Å². The Bertz CT molecular complexity index is 522. The third-order valence-electron chi connectivity index (χ3n) is 3.19. The van der Waals surface area contributed by atoms with Gasteiger partial charge in [0, 0.05) is 13.0 Å². The zero-order chi connectivity index (χ0) is 13.1. The molecule has 2 rings (SSSR count). The monoisotopic (exact) mass is 264 g/mol. The van der Waals surface area contributed by atoms with Crippen molar-refractivity contribution in [2.45, 2.75) is 19.3 Å². The van der Waals surface area contributed by atoms with Crippen LogP contribution in [0.1, 0.15) is 22.9 Å². The first-order chi connectivity index (χ1) is 8.63. The standard InChI is InChI=1S/C14H17ClN2O/c1-10-14(15)13(17(2)16-10)8-12(9-18)11-6-4-3-5-7-11/h3-7,12,18H,8-9H2,1-2H3. The van der Waals surface area contributed by atoms with E-state index in [1.165, 1.54) is 0 Å². The number of aliphatic hydroxyl groups excluding tert-OH is 1. The quantitative estimate of drug-likeness (QED) is 0.922. The van der Waals surface area contributed by atoms with E-state index < -0.39 is 0 Å². The number of aryl methyl sites for hydroxylation is 2. The first-order valence-corrected chi connectivity index (χ1v) is 6.35. The maximum absolute atomic E-state index is 9.56. The Labute approximate surface area is 112 Å². The first-order valence-electron chi connectivity index (χ1n) is 5.97. The summed E-state index contributed by atoms with van der Waals surface area (Å²) in [5.74, 6) is 0.0542. The molecule has 1 aromatic carbocycles. The highest BCUT2D eigenvalue weighted by molar-refractivity contribution is 6.31. The van der Waals surface area contributed by atoms with Crippen molar-refractivity contribution >= 4 is 11.6 Å². The number of rotatable bonds is 4. The third-order valence-corrected chi connectivity index (χ3v) is 3.68. The highest BCUT2D eigenvalue weighted by Gasteiger charge is 2.17. The summed E-state index contributed by atoms with van der Waals surface area (Å²) in [5.41, 5.74) is 2.92. The molecule has 1 heterocycles. The highest BCUT2D eigenvalue weighted by atomic mass is 35.5. The minimum Gasteiger partial charge on any atom is -0.396 e. The summed E-state index contributed by atoms with van der Waals surface area (Å²) < 4.78 is 1.79. The van der Waals surface area contributed by atoms with Gasteiger partial charge >= 0.3 is 0 Å². The molecule has 18 heavy (non-hydrogen) atoms. The Morgan fingerprint density at radius 2 is 2.00 bits per heavy atom. The van der Waals surface area contributed by atoms with E-state index in [2.05, 4.69) is 5.10 Å². The molecule has 0 spiro atoms. The predicted octanol–water partition coefficient (Wildman–Crippen LogP) is 2.70. The van der Waals surface area contributed by atoms with Crippen LogP contribution in [0.25, 0.3) is 0 Å². The van der Waals surface area contributed by atoms with Gasteiger partial charge in [0.2, 0.25) is 0 Å². The van der Waals surface area contributed by atoms with Crippen molar-refractivity contribution < 1.29 is 5.11 Å². The van der Waals surface area contributed by atoms with Crippen LogP contribution < -0.4 is 0 Å². The summed E-state index contributed by atoms with van der Waals surface area (Å²) in [6.07, 6.45) is 0.691. The molecular formula is C14H17ClN2O. The number of halogens is 1. The van der Waals surface area contributed by atoms with Gasteiger partial charge in [-0.2, -0.15) is 5.10 Å². The average Bonchev–Trinajstić information content (AvgIpc) is 2.62. The average molecular weight is 265 g/mol. The SMILES string of the molecule is Cc1nn(C)c(CC(CO)c2ccccc2)c1Cl. The molecule has 0 bridgehead atoms. The van der Waals surface area contributed by atoms with Crippen molar-refractivity contribution in [2.24, 2.45) is 7.05 Å². The van der Waals surface area contributed by atoms with Crippen LogP contribution in [0, 0.1) is 6.92 Å². The van der Waals surface area contributed by atoms with Gasteiger partial charge in [-0.15, -0.1) is 0 Å². The molecule has 4 heteroatoms. The summed E-state index contributed by atoms with van der Waals surface area (Å²) in [6.45, 7) is 1.99. The number of hydrogen-bond donors (Lipinski definition) is 1. The van der Waals surface area contributed by atoms with E-state index in [1.54, 1.807) is 4.68 Å². The number of aliphatic hydroxyl groups is 1. The molecule has 0 saturated carbocycles. The smallest absolute Gasteiger partial charge is 0.0847 e. The van der Waals surface area contributed by atoms with Crippen LogP contribution in [-0.4, -0.2) is 21.5 Å². The minimum absolute atomic E-state index is 0.0542. The number of nitrogens with zero attached hydrogens (tertiary/aromatic N) is 2. The largest absolute Gasteiger partial charge is 0.396 e. The molecular weight excluding hydrogens is 248 g/mol. The van der Waals surface area contributed by atoms with Crippen LogP contribution in [0.5, 0.6) is 0 Å². The molecule has 0 saturated heterocycles. The van der Waals surface area contributed by atoms with E-state index in [1.807, 2.05) is 44.3 Å². The molecule has 0 aliphatic rings. The van der Waals surface area contributed by atoms with Crippen molar-refractivity contribution in [3.63, 3.8) is 0 Å². The van der Waals surface area contributed by atoms with Gasteiger partial charge in [-0.05, 0) is 18.9 Å². The lowest BCUT2D eigenvalue weighted by Crippen LogP contribution is -2.11. The molecule has 1 unspecified atom stereocenters. The molecule has 96 valence electrons. The minimum atomic E-state index is 0.0542. The van der Waals surface area contributed by atoms with E-state index in [-0.39, 0.29) is 12.5 Å². The second-order valence-electron chi connectivity index (χ2n) is 4.46. The lowest BCUT2D eigenvalue weighted by Gasteiger charge is -2.15. The van der Waals surface area contributed by atoms with Crippen LogP contribution in [0.4, 0.5) is 0 Å². The van der Waals surface area contributed by atoms with Gasteiger partial charge in [0.1, 0.15) is 0 Å². The Balaban J connectivity index is 2.26. The van der Waals surface area contributed by atoms with Gasteiger partial charge in [0.05, 0.1) is 23.0 Å². The molecule has 1 atom stereocenters. The molecule has 1 aromatic heterocycles. The zero-order valence-electron chi connectivity index (χ0n) is 10.6. The van der Waals surface area contributed by atoms with E-state index in [4.69, 9.17) is 11.6 Å². The van der Waals surface area contributed by atoms with Gasteiger partial charge in [0.15, 0.2) is 0 Å². The zero-order valence-corrected chi connectivity index (χ0v) is 11.4. The number of aromatic nitrogens is 2. The Morgan fingerprint density at radius 3 is 2.50 bits per heavy atom. The fourth-order valence-corrected chi connectivity index (χ4v) is 2.39. The van der Waals surface area contributed by atoms with Crippen molar-refractivity contribution in [1.82, 2.24) is 9.78 Å². The van der Waals surface area contributed by atoms with E-state index in [0.717, 1.165) is 17.0 Å². The fraction of sp³-hybridized carbons (Fsp3) is 0.357. The van der Waals surface area contributed by atoms with Crippen molar-refractivity contribution in [3.8, 4) is 0 Å². The van der Waals surface area contributed by atoms with Crippen LogP contribution in [0.2, 0.25) is 5.02 Å². The highest BCUT2D eigenvalue weighted by Crippen LogP contribution is 2.26. The lowest BCUT2D eigenvalue weighted by molar-refractivity contribution is 0.263. The summed E-state index contributed by atoms with van der Waals surface area (Å²) in [4.78, 5) is 0. The topological polar surface area (TPSA) is 38.0 Å². The van der Waals surface area contributed by atoms with E-state index in [0.29, 0.717) is 11.4 Å². The van der Waals surface area contributed by atoms with Crippen LogP contribution in [-0.2, 0) is 13.5 Å². The van der Waals surface area contributed by atoms with Gasteiger partial charge in [0.25, 0.3) is 0 Å². The molecule has 0 aliphatic heterocycles. The normalized spacial score (nSPS) is 12.7. The van der Waals surface area contributed by atoms with E-state index in [9.17, 15) is 5.11 Å². The molecule has 0 fully saturated rings. The molecule has 0 aliphatic carbocycles. The molecule has 0 amide bonds. The lowest BCUT2D eigenvalue weighted by atomic mass is 9.95. The fourth-order valence-electron chi connectivity index (χ4n) is 2.15. The molecule has 2 aromatic rings. The summed E-state index contributed by atoms with van der Waals surface area (Å²) >= 11 is 6.24. The Hall–Kier alpha value is -1.32. The Kier molecular flexibility index (Phi) is 4.04. The van der Waals surface area contributed by atoms with Crippen molar-refractivity contribution in [2.75, 3.05) is 6.61 Å². The second-order valence-corrected chi connectivity index (χ2v) is 4.84. The molecule has 1 N–H and O–H groups in total. The number of benzene rings is 1. The van der Waals surface area contributed by atoms with Crippen LogP contribution in [0.15, 0.2) is 30.3 Å². The Morgan fingerprint density at radius 1 is 1.33 bits per heavy atom. The van der Waals surface area contributed by atoms with Gasteiger partial charge < -0.3 is 5.11 Å². The third kappa shape index (κ3) is 2.57.